The van der Waals surface area contributed by atoms with Crippen LogP contribution < -0.4 is 31.1 Å². The first-order valence-electron chi connectivity index (χ1n) is 44.8. The van der Waals surface area contributed by atoms with Crippen molar-refractivity contribution in [3.63, 3.8) is 0 Å². The summed E-state index contributed by atoms with van der Waals surface area (Å²) >= 11 is 0. The highest BCUT2D eigenvalue weighted by Crippen LogP contribution is 2.55. The van der Waals surface area contributed by atoms with E-state index in [1.165, 1.54) is 22.3 Å². The van der Waals surface area contributed by atoms with Gasteiger partial charge in [-0.05, 0) is 236 Å². The number of anilines is 9. The van der Waals surface area contributed by atoms with Gasteiger partial charge >= 0.3 is 0 Å². The van der Waals surface area contributed by atoms with Gasteiger partial charge in [-0.15, -0.1) is 0 Å². The minimum Gasteiger partial charge on any atom is -0.311 e. The molecule has 16 aromatic rings. The van der Waals surface area contributed by atoms with Crippen molar-refractivity contribution in [3.8, 4) is 72.4 Å². The molecule has 0 bridgehead atoms. The smallest absolute Gasteiger partial charge is 0.252 e. The predicted octanol–water partition coefficient (Wildman–Crippen LogP) is 28.8. The van der Waals surface area contributed by atoms with Crippen molar-refractivity contribution in [3.05, 3.63) is 367 Å². The Hall–Kier alpha value is -12.4. The molecule has 1 aromatic heterocycles. The molecule has 0 aliphatic carbocycles. The third-order valence-electron chi connectivity index (χ3n) is 23.4. The molecule has 15 aromatic carbocycles. The second-order valence-corrected chi connectivity index (χ2v) is 36.5. The molecule has 0 saturated carbocycles. The highest BCUT2D eigenvalue weighted by molar-refractivity contribution is 7.00. The minimum atomic E-state index is -0.525. The fourth-order valence-corrected chi connectivity index (χ4v) is 17.1. The fourth-order valence-electron chi connectivity index (χ4n) is 17.1. The van der Waals surface area contributed by atoms with Crippen LogP contribution in [0, 0.1) is 0 Å². The van der Waals surface area contributed by atoms with Crippen molar-refractivity contribution in [1.82, 2.24) is 4.57 Å². The van der Waals surface area contributed by atoms with E-state index in [-0.39, 0.29) is 55.8 Å². The highest BCUT2D eigenvalue weighted by Gasteiger charge is 2.46. The third-order valence-corrected chi connectivity index (χ3v) is 23.4. The van der Waals surface area contributed by atoms with E-state index in [9.17, 15) is 8.22 Å². The van der Waals surface area contributed by atoms with Crippen molar-refractivity contribution in [2.24, 2.45) is 0 Å². The van der Waals surface area contributed by atoms with Crippen LogP contribution in [-0.2, 0) is 27.1 Å². The Morgan fingerprint density at radius 2 is 0.687 bits per heavy atom. The minimum absolute atomic E-state index is 0.0777. The third kappa shape index (κ3) is 13.7. The van der Waals surface area contributed by atoms with Gasteiger partial charge in [0.25, 0.3) is 6.71 Å². The van der Waals surface area contributed by atoms with Gasteiger partial charge < -0.3 is 19.3 Å². The first kappa shape index (κ1) is 64.0. The number of nitrogens with zero attached hydrogens (tertiary/aromatic N) is 4. The number of para-hydroxylation sites is 3. The van der Waals surface area contributed by atoms with Crippen molar-refractivity contribution in [2.75, 3.05) is 14.7 Å². The van der Waals surface area contributed by atoms with Gasteiger partial charge in [0.1, 0.15) is 0 Å². The number of benzene rings is 15. The van der Waals surface area contributed by atoms with E-state index in [0.717, 1.165) is 123 Å². The van der Waals surface area contributed by atoms with Crippen molar-refractivity contribution in [1.29, 1.82) is 0 Å². The van der Waals surface area contributed by atoms with Crippen LogP contribution in [0.3, 0.4) is 0 Å². The first-order chi connectivity index (χ1) is 58.9. The molecule has 0 saturated heterocycles. The number of aromatic nitrogens is 1. The van der Waals surface area contributed by atoms with E-state index in [0.29, 0.717) is 28.0 Å². The van der Waals surface area contributed by atoms with Crippen LogP contribution in [0.1, 0.15) is 144 Å². The molecule has 0 spiro atoms. The van der Waals surface area contributed by atoms with Gasteiger partial charge in [-0.2, -0.15) is 0 Å². The van der Waals surface area contributed by atoms with Gasteiger partial charge in [0.05, 0.1) is 29.1 Å². The lowest BCUT2D eigenvalue weighted by molar-refractivity contribution is 0.568. The lowest BCUT2D eigenvalue weighted by atomic mass is 9.33. The van der Waals surface area contributed by atoms with E-state index in [2.05, 4.69) is 350 Å². The Morgan fingerprint density at radius 3 is 1.20 bits per heavy atom. The Morgan fingerprint density at radius 1 is 0.270 bits per heavy atom. The second kappa shape index (κ2) is 28.3. The average Bonchev–Trinajstić information content (AvgIpc) is 0.780. The van der Waals surface area contributed by atoms with Crippen LogP contribution in [0.25, 0.3) is 94.3 Å². The quantitative estimate of drug-likeness (QED) is 0.113. The summed E-state index contributed by atoms with van der Waals surface area (Å²) in [5, 5.41) is 0.705. The van der Waals surface area contributed by atoms with Gasteiger partial charge in [0, 0.05) is 73.1 Å². The molecule has 0 fully saturated rings. The highest BCUT2D eigenvalue weighted by atomic mass is 15.2. The maximum Gasteiger partial charge on any atom is 0.252 e. The van der Waals surface area contributed by atoms with E-state index < -0.39 is 49.0 Å². The normalized spacial score (nSPS) is 14.0. The molecule has 0 amide bonds. The molecular weight excluding hydrogens is 1390 g/mol. The Kier molecular flexibility index (Phi) is 15.7. The Bertz CT molecular complexity index is 6780. The molecular formula is C110H101BN4. The van der Waals surface area contributed by atoms with Crippen LogP contribution in [0.15, 0.2) is 340 Å². The van der Waals surface area contributed by atoms with Crippen molar-refractivity contribution < 1.29 is 12.3 Å². The number of fused-ring (bicyclic) bond motifs is 7. The van der Waals surface area contributed by atoms with Crippen molar-refractivity contribution >= 4 is 96.1 Å². The topological polar surface area (TPSA) is 14.7 Å². The molecule has 115 heavy (non-hydrogen) atoms. The lowest BCUT2D eigenvalue weighted by Crippen LogP contribution is -2.61. The number of rotatable bonds is 12. The molecule has 18 rings (SSSR count). The summed E-state index contributed by atoms with van der Waals surface area (Å²) in [5.74, 6) is 0. The van der Waals surface area contributed by atoms with Crippen LogP contribution in [0.4, 0.5) is 51.2 Å². The summed E-state index contributed by atoms with van der Waals surface area (Å²) in [7, 11) is 0. The first-order valence-corrected chi connectivity index (χ1v) is 40.3. The fraction of sp³-hybridized carbons (Fsp3) is 0.182. The molecule has 2 aliphatic rings. The largest absolute Gasteiger partial charge is 0.311 e. The summed E-state index contributed by atoms with van der Waals surface area (Å²) in [6, 6.07) is 99.3. The van der Waals surface area contributed by atoms with Crippen LogP contribution in [0.2, 0.25) is 0 Å². The van der Waals surface area contributed by atoms with E-state index in [1.54, 1.807) is 4.90 Å². The molecule has 0 atom stereocenters. The molecule has 0 radical (unpaired) electrons. The summed E-state index contributed by atoms with van der Waals surface area (Å²) in [6.07, 6.45) is 0. The Labute approximate surface area is 694 Å². The van der Waals surface area contributed by atoms with Gasteiger partial charge in [-0.1, -0.05) is 334 Å². The maximum absolute atomic E-state index is 10.3. The number of hydrogen-bond acceptors (Lipinski definition) is 3. The van der Waals surface area contributed by atoms with Gasteiger partial charge in [-0.25, -0.2) is 0 Å². The monoisotopic (exact) mass is 1500 g/mol. The number of hydrogen-bond donors (Lipinski definition) is 0. The zero-order valence-corrected chi connectivity index (χ0v) is 68.5. The zero-order chi connectivity index (χ0) is 87.4. The van der Waals surface area contributed by atoms with E-state index >= 15 is 0 Å². The van der Waals surface area contributed by atoms with Gasteiger partial charge in [0.15, 0.2) is 0 Å². The van der Waals surface area contributed by atoms with Crippen LogP contribution in [-0.4, -0.2) is 11.3 Å². The summed E-state index contributed by atoms with van der Waals surface area (Å²) in [4.78, 5) is 6.78. The molecule has 564 valence electrons. The molecule has 5 heteroatoms. The maximum atomic E-state index is 10.3. The van der Waals surface area contributed by atoms with E-state index in [4.69, 9.17) is 4.11 Å². The SMILES string of the molecule is [2H]c1c([2H])c([2H])c(N(c2ccccc2)c2ccc3c(c2)c2c([2H])c([2H])c([2H])c([2H])c2n3-c2ccc3c(c2)N(c2c(-c4ccccc4)cc(C(C)(C)C)cc2-c2ccccc2)c2cc(-c4cc(C(C)(C)C)cc(C(C)(C)C)c4)cc4c2B3c2ccc(-c3cc(C(C)(C)C)cc(C(C)(C)C)c3)cc2N4c2cc(-c3ccccc3)cc(-c3ccccc3)c2)c([2H])c1[2H]. The summed E-state index contributed by atoms with van der Waals surface area (Å²) in [6.45, 7) is 34.0. The van der Waals surface area contributed by atoms with E-state index in [1.807, 2.05) is 53.1 Å². The zero-order valence-electron chi connectivity index (χ0n) is 77.5. The standard InChI is InChI=1S/C110H101BN4/c1-106(2,3)82-57-79(58-83(66-82)107(4,5)6)76-50-53-96-100(63-76)114(91-61-77(72-36-22-16-23-37-72)56-78(62-91)73-38-24-17-25-39-73)102-64-81(80-59-84(108(7,8)9)67-85(60-80)109(10,11)12)65-103-104(102)111(96)97-54-51-90(71-101(97)115(103)105-93(74-40-26-18-27-41-74)68-86(110(13,14)15)69-94(105)75-42-28-19-29-43-75)113-98-49-35-34-48-92(98)95-70-89(52-55-99(95)113)112(87-44-30-20-31-45-87)88-46-32-21-33-47-88/h16-71H,1-15H3/i20D,30D,31D,34D,35D,44D,45D,48D,49D. The molecule has 4 nitrogen and oxygen atoms in total. The van der Waals surface area contributed by atoms with Crippen LogP contribution in [0.5, 0.6) is 0 Å². The molecule has 3 heterocycles. The lowest BCUT2D eigenvalue weighted by Gasteiger charge is -2.45. The van der Waals surface area contributed by atoms with Crippen LogP contribution >= 0.6 is 0 Å². The molecule has 0 N–H and O–H groups in total. The predicted molar refractivity (Wildman–Crippen MR) is 496 cm³/mol. The second-order valence-electron chi connectivity index (χ2n) is 36.5. The van der Waals surface area contributed by atoms with Gasteiger partial charge in [-0.3, -0.25) is 0 Å². The summed E-state index contributed by atoms with van der Waals surface area (Å²) < 4.78 is 87.0. The molecule has 0 unspecified atom stereocenters. The summed E-state index contributed by atoms with van der Waals surface area (Å²) in [5.41, 5.74) is 28.5. The van der Waals surface area contributed by atoms with Crippen molar-refractivity contribution in [2.45, 2.75) is 131 Å². The Balaban J connectivity index is 1.03. The molecule has 2 aliphatic heterocycles. The average molecular weight is 1500 g/mol. The van der Waals surface area contributed by atoms with Gasteiger partial charge in [0.2, 0.25) is 0 Å².